The van der Waals surface area contributed by atoms with Gasteiger partial charge in [0, 0.05) is 6.08 Å². The molecule has 0 aliphatic heterocycles. The Bertz CT molecular complexity index is 167. The van der Waals surface area contributed by atoms with E-state index < -0.39 is 5.97 Å². The predicted octanol–water partition coefficient (Wildman–Crippen LogP) is 1.02. The maximum atomic E-state index is 10.5. The summed E-state index contributed by atoms with van der Waals surface area (Å²) in [5.41, 5.74) is 0. The zero-order chi connectivity index (χ0) is 7.82. The summed E-state index contributed by atoms with van der Waals surface area (Å²) in [6.45, 7) is 2.10. The molecule has 0 N–H and O–H groups in total. The van der Waals surface area contributed by atoms with Crippen molar-refractivity contribution in [3.05, 3.63) is 12.2 Å². The molecule has 0 bridgehead atoms. The molecule has 0 aliphatic rings. The molecule has 0 aliphatic carbocycles. The summed E-state index contributed by atoms with van der Waals surface area (Å²) in [7, 11) is 0. The molecule has 0 aromatic heterocycles. The Morgan fingerprint density at radius 1 is 1.80 bits per heavy atom. The lowest BCUT2D eigenvalue weighted by Gasteiger charge is -1.92. The normalized spacial score (nSPS) is 9.20. The van der Waals surface area contributed by atoms with Crippen molar-refractivity contribution in [3.63, 3.8) is 0 Å². The Morgan fingerprint density at radius 2 is 2.50 bits per heavy atom. The molecule has 0 fully saturated rings. The average Bonchev–Trinajstić information content (AvgIpc) is 1.89. The summed E-state index contributed by atoms with van der Waals surface area (Å²) in [5.74, 6) is -0.391. The van der Waals surface area contributed by atoms with Crippen molar-refractivity contribution in [2.24, 2.45) is 0 Å². The van der Waals surface area contributed by atoms with Gasteiger partial charge in [0.15, 0.2) is 0 Å². The van der Waals surface area contributed by atoms with Crippen LogP contribution in [0.3, 0.4) is 0 Å². The number of carbonyl (C=O) groups is 1. The third-order valence-corrected chi connectivity index (χ3v) is 0.750. The molecular weight excluding hydrogens is 130 g/mol. The van der Waals surface area contributed by atoms with E-state index in [1.165, 1.54) is 12.2 Å². The first-order chi connectivity index (χ1) is 4.81. The molecule has 0 unspecified atom stereocenters. The van der Waals surface area contributed by atoms with Crippen molar-refractivity contribution < 1.29 is 9.53 Å². The average molecular weight is 139 g/mol. The fraction of sp³-hybridized carbons (Fsp3) is 0.429. The Balaban J connectivity index is 3.48. The third kappa shape index (κ3) is 4.85. The second kappa shape index (κ2) is 5.83. The molecule has 0 rings (SSSR count). The van der Waals surface area contributed by atoms with Crippen LogP contribution in [0.15, 0.2) is 12.2 Å². The second-order valence-electron chi connectivity index (χ2n) is 1.52. The maximum absolute atomic E-state index is 10.5. The molecule has 3 nitrogen and oxygen atoms in total. The molecule has 0 heterocycles. The minimum Gasteiger partial charge on any atom is -0.463 e. The number of hydrogen-bond donors (Lipinski definition) is 0. The lowest BCUT2D eigenvalue weighted by atomic mass is 10.4. The Kier molecular flexibility index (Phi) is 5.07. The topological polar surface area (TPSA) is 50.1 Å². The fourth-order valence-corrected chi connectivity index (χ4v) is 0.398. The number of nitriles is 1. The smallest absolute Gasteiger partial charge is 0.330 e. The lowest BCUT2D eigenvalue weighted by Crippen LogP contribution is -1.98. The van der Waals surface area contributed by atoms with E-state index in [0.29, 0.717) is 6.61 Å². The van der Waals surface area contributed by atoms with Crippen LogP contribution in [0.5, 0.6) is 0 Å². The number of allylic oxidation sites excluding steroid dienone is 1. The van der Waals surface area contributed by atoms with Gasteiger partial charge in [-0.15, -0.1) is 0 Å². The van der Waals surface area contributed by atoms with Crippen LogP contribution in [0.2, 0.25) is 0 Å². The van der Waals surface area contributed by atoms with E-state index in [4.69, 9.17) is 5.26 Å². The number of ether oxygens (including phenoxy) is 1. The van der Waals surface area contributed by atoms with Crippen LogP contribution in [-0.2, 0) is 9.53 Å². The van der Waals surface area contributed by atoms with E-state index in [0.717, 1.165) is 0 Å². The number of rotatable bonds is 3. The van der Waals surface area contributed by atoms with Gasteiger partial charge in [-0.25, -0.2) is 4.79 Å². The number of hydrogen-bond acceptors (Lipinski definition) is 3. The first-order valence-corrected chi connectivity index (χ1v) is 3.01. The van der Waals surface area contributed by atoms with Gasteiger partial charge < -0.3 is 4.74 Å². The molecule has 0 saturated heterocycles. The summed E-state index contributed by atoms with van der Waals surface area (Å²) < 4.78 is 4.55. The number of esters is 1. The van der Waals surface area contributed by atoms with Crippen molar-refractivity contribution in [2.75, 3.05) is 6.61 Å². The maximum Gasteiger partial charge on any atom is 0.330 e. The Hall–Kier alpha value is -1.30. The first-order valence-electron chi connectivity index (χ1n) is 3.01. The second-order valence-corrected chi connectivity index (χ2v) is 1.52. The molecule has 54 valence electrons. The quantitative estimate of drug-likeness (QED) is 0.433. The monoisotopic (exact) mass is 139 g/mol. The molecule has 10 heavy (non-hydrogen) atoms. The molecule has 0 atom stereocenters. The van der Waals surface area contributed by atoms with Crippen LogP contribution >= 0.6 is 0 Å². The van der Waals surface area contributed by atoms with Crippen molar-refractivity contribution in [3.8, 4) is 6.07 Å². The highest BCUT2D eigenvalue weighted by molar-refractivity contribution is 5.81. The largest absolute Gasteiger partial charge is 0.463 e. The van der Waals surface area contributed by atoms with Crippen molar-refractivity contribution in [2.45, 2.75) is 13.3 Å². The van der Waals surface area contributed by atoms with Crippen molar-refractivity contribution in [1.29, 1.82) is 5.26 Å². The standard InChI is InChI=1S/C7H9NO2/c1-2-10-7(9)5-3-4-6-8/h3,5H,2,4H2,1H3. The van der Waals surface area contributed by atoms with Gasteiger partial charge in [-0.05, 0) is 6.92 Å². The van der Waals surface area contributed by atoms with Gasteiger partial charge in [-0.1, -0.05) is 6.08 Å². The molecule has 0 aromatic rings. The van der Waals surface area contributed by atoms with Gasteiger partial charge in [0.25, 0.3) is 0 Å². The molecule has 3 heteroatoms. The zero-order valence-corrected chi connectivity index (χ0v) is 5.83. The van der Waals surface area contributed by atoms with E-state index in [-0.39, 0.29) is 6.42 Å². The predicted molar refractivity (Wildman–Crippen MR) is 36.0 cm³/mol. The van der Waals surface area contributed by atoms with Gasteiger partial charge in [-0.2, -0.15) is 5.26 Å². The van der Waals surface area contributed by atoms with Crippen LogP contribution in [0, 0.1) is 11.3 Å². The van der Waals surface area contributed by atoms with E-state index in [1.807, 2.05) is 6.07 Å². The summed E-state index contributed by atoms with van der Waals surface area (Å²) in [6, 6.07) is 1.87. The molecule has 0 radical (unpaired) electrons. The highest BCUT2D eigenvalue weighted by Gasteiger charge is 1.90. The van der Waals surface area contributed by atoms with E-state index >= 15 is 0 Å². The number of nitrogens with zero attached hydrogens (tertiary/aromatic N) is 1. The van der Waals surface area contributed by atoms with E-state index in [9.17, 15) is 4.79 Å². The van der Waals surface area contributed by atoms with Gasteiger partial charge in [0.05, 0.1) is 19.1 Å². The SMILES string of the molecule is CCOC(=O)C=CCC#N. The van der Waals surface area contributed by atoms with Crippen LogP contribution in [0.1, 0.15) is 13.3 Å². The molecule has 0 spiro atoms. The molecule has 0 aromatic carbocycles. The summed E-state index contributed by atoms with van der Waals surface area (Å²) in [5, 5.41) is 8.06. The number of carbonyl (C=O) groups excluding carboxylic acids is 1. The summed E-state index contributed by atoms with van der Waals surface area (Å²) in [6.07, 6.45) is 2.98. The van der Waals surface area contributed by atoms with E-state index in [1.54, 1.807) is 6.92 Å². The molecule has 0 amide bonds. The zero-order valence-electron chi connectivity index (χ0n) is 5.83. The fourth-order valence-electron chi connectivity index (χ4n) is 0.398. The minimum absolute atomic E-state index is 0.249. The van der Waals surface area contributed by atoms with Gasteiger partial charge in [0.2, 0.25) is 0 Å². The van der Waals surface area contributed by atoms with Gasteiger partial charge in [0.1, 0.15) is 0 Å². The van der Waals surface area contributed by atoms with Crippen LogP contribution in [0.4, 0.5) is 0 Å². The third-order valence-electron chi connectivity index (χ3n) is 0.750. The van der Waals surface area contributed by atoms with Gasteiger partial charge in [-0.3, -0.25) is 0 Å². The van der Waals surface area contributed by atoms with Crippen molar-refractivity contribution >= 4 is 5.97 Å². The Labute approximate surface area is 59.9 Å². The van der Waals surface area contributed by atoms with Crippen LogP contribution in [0.25, 0.3) is 0 Å². The van der Waals surface area contributed by atoms with Crippen molar-refractivity contribution in [1.82, 2.24) is 0 Å². The molecule has 0 saturated carbocycles. The lowest BCUT2D eigenvalue weighted by molar-refractivity contribution is -0.137. The highest BCUT2D eigenvalue weighted by atomic mass is 16.5. The summed E-state index contributed by atoms with van der Waals surface area (Å²) in [4.78, 5) is 10.5. The van der Waals surface area contributed by atoms with Crippen LogP contribution < -0.4 is 0 Å². The Morgan fingerprint density at radius 3 is 3.00 bits per heavy atom. The van der Waals surface area contributed by atoms with Gasteiger partial charge >= 0.3 is 5.97 Å². The summed E-state index contributed by atoms with van der Waals surface area (Å²) >= 11 is 0. The minimum atomic E-state index is -0.391. The molecular formula is C7H9NO2. The van der Waals surface area contributed by atoms with Crippen LogP contribution in [-0.4, -0.2) is 12.6 Å². The highest BCUT2D eigenvalue weighted by Crippen LogP contribution is 1.83. The first kappa shape index (κ1) is 8.70. The van der Waals surface area contributed by atoms with E-state index in [2.05, 4.69) is 4.74 Å².